The maximum atomic E-state index is 12.6. The van der Waals surface area contributed by atoms with E-state index < -0.39 is 22.9 Å². The molecule has 5 nitrogen and oxygen atoms in total. The van der Waals surface area contributed by atoms with Crippen molar-refractivity contribution in [2.75, 3.05) is 6.26 Å². The Morgan fingerprint density at radius 1 is 1.04 bits per heavy atom. The van der Waals surface area contributed by atoms with Crippen LogP contribution in [-0.2, 0) is 15.5 Å². The van der Waals surface area contributed by atoms with Crippen molar-refractivity contribution in [2.24, 2.45) is 0 Å². The van der Waals surface area contributed by atoms with Crippen molar-refractivity contribution in [1.29, 1.82) is 0 Å². The van der Waals surface area contributed by atoms with Gasteiger partial charge in [-0.2, -0.15) is 0 Å². The van der Waals surface area contributed by atoms with Crippen LogP contribution >= 0.6 is 0 Å². The number of fused-ring (bicyclic) bond motifs is 1. The number of ether oxygens (including phenoxy) is 1. The highest BCUT2D eigenvalue weighted by Gasteiger charge is 2.24. The van der Waals surface area contributed by atoms with Crippen molar-refractivity contribution in [3.05, 3.63) is 65.9 Å². The molecule has 0 aliphatic carbocycles. The van der Waals surface area contributed by atoms with Crippen molar-refractivity contribution in [1.82, 2.24) is 4.98 Å². The normalized spacial score (nSPS) is 13.4. The van der Waals surface area contributed by atoms with Gasteiger partial charge in [0, 0.05) is 28.9 Å². The second kappa shape index (κ2) is 7.03. The quantitative estimate of drug-likeness (QED) is 0.563. The molecular weight excluding hydrogens is 338 g/mol. The lowest BCUT2D eigenvalue weighted by atomic mass is 10.1. The number of esters is 1. The number of carbonyl (C=O) groups is 2. The number of nitrogens with one attached hydrogen (secondary N) is 1. The van der Waals surface area contributed by atoms with Crippen LogP contribution in [-0.4, -0.2) is 33.3 Å². The lowest BCUT2D eigenvalue weighted by molar-refractivity contribution is 0.0316. The number of benzene rings is 2. The number of para-hydroxylation sites is 1. The van der Waals surface area contributed by atoms with E-state index in [1.54, 1.807) is 30.5 Å². The molecule has 0 aliphatic rings. The van der Waals surface area contributed by atoms with Crippen molar-refractivity contribution < 1.29 is 18.5 Å². The topological polar surface area (TPSA) is 76.2 Å². The van der Waals surface area contributed by atoms with E-state index in [-0.39, 0.29) is 11.3 Å². The van der Waals surface area contributed by atoms with Gasteiger partial charge in [-0.1, -0.05) is 30.3 Å². The maximum absolute atomic E-state index is 12.6. The second-order valence-corrected chi connectivity index (χ2v) is 6.96. The van der Waals surface area contributed by atoms with Crippen molar-refractivity contribution in [3.63, 3.8) is 0 Å². The molecule has 2 atom stereocenters. The zero-order chi connectivity index (χ0) is 18.0. The number of aromatic amines is 1. The van der Waals surface area contributed by atoms with Gasteiger partial charge >= 0.3 is 5.97 Å². The van der Waals surface area contributed by atoms with Crippen LogP contribution in [0, 0.1) is 0 Å². The zero-order valence-electron chi connectivity index (χ0n) is 13.8. The molecule has 0 aliphatic heterocycles. The fraction of sp³-hybridized carbons (Fsp3) is 0.158. The first kappa shape index (κ1) is 17.1. The second-order valence-electron chi connectivity index (χ2n) is 5.61. The molecule has 2 aromatic carbocycles. The van der Waals surface area contributed by atoms with E-state index in [9.17, 15) is 13.8 Å². The van der Waals surface area contributed by atoms with E-state index >= 15 is 0 Å². The molecule has 0 radical (unpaired) electrons. The number of carbonyl (C=O) groups excluding carboxylic acids is 2. The van der Waals surface area contributed by atoms with Gasteiger partial charge in [0.1, 0.15) is 0 Å². The summed E-state index contributed by atoms with van der Waals surface area (Å²) in [4.78, 5) is 28.5. The van der Waals surface area contributed by atoms with Crippen LogP contribution in [0.2, 0.25) is 0 Å². The first-order valence-corrected chi connectivity index (χ1v) is 9.28. The van der Waals surface area contributed by atoms with E-state index in [0.717, 1.165) is 10.9 Å². The molecule has 0 fully saturated rings. The molecule has 1 heterocycles. The Hall–Kier alpha value is -2.73. The molecule has 0 saturated heterocycles. The van der Waals surface area contributed by atoms with Crippen LogP contribution < -0.4 is 0 Å². The molecule has 0 spiro atoms. The summed E-state index contributed by atoms with van der Waals surface area (Å²) in [5.74, 6) is -0.951. The molecule has 1 aromatic heterocycles. The number of H-pyrrole nitrogens is 1. The van der Waals surface area contributed by atoms with Crippen molar-refractivity contribution in [3.8, 4) is 0 Å². The van der Waals surface area contributed by atoms with E-state index in [1.807, 2.05) is 24.3 Å². The lowest BCUT2D eigenvalue weighted by Gasteiger charge is -2.13. The molecule has 3 rings (SSSR count). The van der Waals surface area contributed by atoms with Gasteiger partial charge in [-0.25, -0.2) is 4.79 Å². The average Bonchev–Trinajstić information content (AvgIpc) is 3.05. The average molecular weight is 355 g/mol. The Kier molecular flexibility index (Phi) is 4.81. The standard InChI is InChI=1S/C19H17NO4S/c1-12(18(21)15-11-20-16-9-5-3-7-13(15)16)24-19(22)14-8-4-6-10-17(14)25(2)23/h3-12,20H,1-2H3/t12-,25-/m1/s1. The van der Waals surface area contributed by atoms with Crippen LogP contribution in [0.15, 0.2) is 59.6 Å². The summed E-state index contributed by atoms with van der Waals surface area (Å²) in [7, 11) is -1.33. The van der Waals surface area contributed by atoms with E-state index in [4.69, 9.17) is 4.74 Å². The number of hydrogen-bond donors (Lipinski definition) is 1. The minimum Gasteiger partial charge on any atom is -0.451 e. The summed E-state index contributed by atoms with van der Waals surface area (Å²) in [5.41, 5.74) is 1.53. The minimum atomic E-state index is -1.33. The van der Waals surface area contributed by atoms with E-state index in [1.165, 1.54) is 13.2 Å². The summed E-state index contributed by atoms with van der Waals surface area (Å²) >= 11 is 0. The maximum Gasteiger partial charge on any atom is 0.340 e. The number of Topliss-reactive ketones (excluding diaryl/α,β-unsaturated/α-hetero) is 1. The fourth-order valence-electron chi connectivity index (χ4n) is 2.66. The van der Waals surface area contributed by atoms with Gasteiger partial charge in [-0.15, -0.1) is 0 Å². The van der Waals surface area contributed by atoms with Crippen LogP contribution in [0.3, 0.4) is 0 Å². The number of aromatic nitrogens is 1. The van der Waals surface area contributed by atoms with Gasteiger partial charge in [0.25, 0.3) is 0 Å². The zero-order valence-corrected chi connectivity index (χ0v) is 14.6. The van der Waals surface area contributed by atoms with Gasteiger partial charge < -0.3 is 9.72 Å². The van der Waals surface area contributed by atoms with Crippen LogP contribution in [0.4, 0.5) is 0 Å². The Labute approximate surface area is 147 Å². The highest BCUT2D eigenvalue weighted by Crippen LogP contribution is 2.21. The van der Waals surface area contributed by atoms with Crippen LogP contribution in [0.25, 0.3) is 10.9 Å². The number of hydrogen-bond acceptors (Lipinski definition) is 4. The third-order valence-electron chi connectivity index (χ3n) is 3.92. The molecule has 0 unspecified atom stereocenters. The Morgan fingerprint density at radius 2 is 1.72 bits per heavy atom. The first-order chi connectivity index (χ1) is 12.0. The SMILES string of the molecule is C[C@@H](OC(=O)c1ccccc1[S@@](C)=O)C(=O)c1c[nH]c2ccccc12. The lowest BCUT2D eigenvalue weighted by Crippen LogP contribution is -2.25. The first-order valence-electron chi connectivity index (χ1n) is 7.73. The largest absolute Gasteiger partial charge is 0.451 e. The Balaban J connectivity index is 1.82. The molecule has 6 heteroatoms. The van der Waals surface area contributed by atoms with E-state index in [2.05, 4.69) is 4.98 Å². The summed E-state index contributed by atoms with van der Waals surface area (Å²) in [6.45, 7) is 1.54. The van der Waals surface area contributed by atoms with E-state index in [0.29, 0.717) is 10.5 Å². The molecule has 0 amide bonds. The fourth-order valence-corrected chi connectivity index (χ4v) is 3.39. The van der Waals surface area contributed by atoms with Gasteiger partial charge in [0.2, 0.25) is 5.78 Å². The molecular formula is C19H17NO4S. The predicted octanol–water partition coefficient (Wildman–Crippen LogP) is 3.33. The molecule has 3 aromatic rings. The van der Waals surface area contributed by atoms with Gasteiger partial charge in [-0.05, 0) is 25.1 Å². The summed E-state index contributed by atoms with van der Waals surface area (Å²) < 4.78 is 17.1. The summed E-state index contributed by atoms with van der Waals surface area (Å²) in [6.07, 6.45) is 2.16. The van der Waals surface area contributed by atoms with Crippen LogP contribution in [0.5, 0.6) is 0 Å². The smallest absolute Gasteiger partial charge is 0.340 e. The number of rotatable bonds is 5. The minimum absolute atomic E-state index is 0.210. The van der Waals surface area contributed by atoms with Gasteiger partial charge in [0.05, 0.1) is 21.3 Å². The van der Waals surface area contributed by atoms with Gasteiger partial charge in [-0.3, -0.25) is 9.00 Å². The Morgan fingerprint density at radius 3 is 2.48 bits per heavy atom. The third-order valence-corrected chi connectivity index (χ3v) is 4.90. The molecule has 0 bridgehead atoms. The van der Waals surface area contributed by atoms with Crippen molar-refractivity contribution >= 4 is 33.5 Å². The summed E-state index contributed by atoms with van der Waals surface area (Å²) in [5, 5.41) is 0.783. The summed E-state index contributed by atoms with van der Waals surface area (Å²) in [6, 6.07) is 13.9. The van der Waals surface area contributed by atoms with Crippen molar-refractivity contribution in [2.45, 2.75) is 17.9 Å². The molecule has 0 saturated carbocycles. The predicted molar refractivity (Wildman–Crippen MR) is 96.3 cm³/mol. The monoisotopic (exact) mass is 355 g/mol. The highest BCUT2D eigenvalue weighted by molar-refractivity contribution is 7.84. The third kappa shape index (κ3) is 3.39. The van der Waals surface area contributed by atoms with Crippen LogP contribution in [0.1, 0.15) is 27.6 Å². The molecule has 25 heavy (non-hydrogen) atoms. The Bertz CT molecular complexity index is 976. The highest BCUT2D eigenvalue weighted by atomic mass is 32.2. The van der Waals surface area contributed by atoms with Gasteiger partial charge in [0.15, 0.2) is 6.10 Å². The number of ketones is 1. The molecule has 1 N–H and O–H groups in total. The molecule has 128 valence electrons.